The second-order valence-electron chi connectivity index (χ2n) is 4.64. The van der Waals surface area contributed by atoms with Crippen LogP contribution in [0.15, 0.2) is 30.4 Å². The van der Waals surface area contributed by atoms with E-state index in [1.165, 1.54) is 0 Å². The highest BCUT2D eigenvalue weighted by atomic mass is 16.7. The summed E-state index contributed by atoms with van der Waals surface area (Å²) in [5, 5.41) is 0. The molecule has 0 unspecified atom stereocenters. The quantitative estimate of drug-likeness (QED) is 0.563. The van der Waals surface area contributed by atoms with Crippen molar-refractivity contribution in [2.45, 2.75) is 25.4 Å². The Kier molecular flexibility index (Phi) is 2.51. The molecule has 2 aliphatic heterocycles. The molecule has 0 saturated carbocycles. The molecule has 0 N–H and O–H groups in total. The van der Waals surface area contributed by atoms with Crippen LogP contribution in [0.1, 0.15) is 24.8 Å². The number of benzene rings is 1. The summed E-state index contributed by atoms with van der Waals surface area (Å²) in [7, 11) is 0. The lowest BCUT2D eigenvalue weighted by Crippen LogP contribution is -2.28. The Morgan fingerprint density at radius 3 is 2.89 bits per heavy atom. The van der Waals surface area contributed by atoms with Crippen molar-refractivity contribution in [1.82, 2.24) is 0 Å². The SMILES string of the molecule is C=C1C(=O)O[C@@H](C)C[C@@H]1c1ccc2c(c1)OCO2. The molecule has 0 aromatic heterocycles. The predicted octanol–water partition coefficient (Wildman–Crippen LogP) is 2.39. The first kappa shape index (κ1) is 11.1. The van der Waals surface area contributed by atoms with E-state index >= 15 is 0 Å². The molecule has 18 heavy (non-hydrogen) atoms. The molecule has 1 fully saturated rings. The first-order valence-electron chi connectivity index (χ1n) is 5.94. The normalized spacial score (nSPS) is 26.1. The Morgan fingerprint density at radius 1 is 1.28 bits per heavy atom. The molecule has 2 heterocycles. The van der Waals surface area contributed by atoms with E-state index < -0.39 is 0 Å². The summed E-state index contributed by atoms with van der Waals surface area (Å²) >= 11 is 0. The molecule has 0 amide bonds. The van der Waals surface area contributed by atoms with E-state index in [0.29, 0.717) is 5.57 Å². The van der Waals surface area contributed by atoms with Crippen LogP contribution in [-0.2, 0) is 9.53 Å². The topological polar surface area (TPSA) is 44.8 Å². The van der Waals surface area contributed by atoms with Gasteiger partial charge in [0.05, 0.1) is 0 Å². The van der Waals surface area contributed by atoms with Gasteiger partial charge in [0.1, 0.15) is 6.10 Å². The van der Waals surface area contributed by atoms with Gasteiger partial charge in [-0.2, -0.15) is 0 Å². The van der Waals surface area contributed by atoms with Gasteiger partial charge < -0.3 is 14.2 Å². The summed E-state index contributed by atoms with van der Waals surface area (Å²) in [6.07, 6.45) is 0.669. The van der Waals surface area contributed by atoms with Crippen LogP contribution in [0, 0.1) is 0 Å². The van der Waals surface area contributed by atoms with Crippen LogP contribution in [0.3, 0.4) is 0 Å². The standard InChI is InChI=1S/C14H14O4/c1-8-5-11(9(2)14(15)18-8)10-3-4-12-13(6-10)17-7-16-12/h3-4,6,8,11H,2,5,7H2,1H3/t8-,11-/m0/s1. The Morgan fingerprint density at radius 2 is 2.06 bits per heavy atom. The molecule has 94 valence electrons. The highest BCUT2D eigenvalue weighted by Crippen LogP contribution is 2.39. The van der Waals surface area contributed by atoms with Gasteiger partial charge in [-0.15, -0.1) is 0 Å². The van der Waals surface area contributed by atoms with E-state index in [0.717, 1.165) is 23.5 Å². The first-order chi connectivity index (χ1) is 8.65. The fourth-order valence-electron chi connectivity index (χ4n) is 2.39. The molecule has 1 saturated heterocycles. The molecule has 0 radical (unpaired) electrons. The smallest absolute Gasteiger partial charge is 0.334 e. The van der Waals surface area contributed by atoms with Gasteiger partial charge in [-0.1, -0.05) is 12.6 Å². The zero-order valence-corrected chi connectivity index (χ0v) is 10.1. The summed E-state index contributed by atoms with van der Waals surface area (Å²) in [6, 6.07) is 5.74. The molecule has 0 bridgehead atoms. The molecule has 2 atom stereocenters. The fraction of sp³-hybridized carbons (Fsp3) is 0.357. The van der Waals surface area contributed by atoms with Crippen molar-refractivity contribution >= 4 is 5.97 Å². The number of hydrogen-bond donors (Lipinski definition) is 0. The van der Waals surface area contributed by atoms with Crippen LogP contribution in [0.5, 0.6) is 11.5 Å². The number of carbonyl (C=O) groups is 1. The van der Waals surface area contributed by atoms with Crippen molar-refractivity contribution in [3.05, 3.63) is 35.9 Å². The van der Waals surface area contributed by atoms with Gasteiger partial charge >= 0.3 is 5.97 Å². The molecule has 1 aromatic carbocycles. The highest BCUT2D eigenvalue weighted by Gasteiger charge is 2.31. The van der Waals surface area contributed by atoms with E-state index in [-0.39, 0.29) is 24.8 Å². The van der Waals surface area contributed by atoms with E-state index in [4.69, 9.17) is 14.2 Å². The molecule has 2 aliphatic rings. The molecular formula is C14H14O4. The Balaban J connectivity index is 1.94. The summed E-state index contributed by atoms with van der Waals surface area (Å²) in [5.74, 6) is 1.16. The maximum absolute atomic E-state index is 11.6. The maximum Gasteiger partial charge on any atom is 0.334 e. The van der Waals surface area contributed by atoms with Crippen molar-refractivity contribution < 1.29 is 19.0 Å². The van der Waals surface area contributed by atoms with Gasteiger partial charge in [0.25, 0.3) is 0 Å². The average Bonchev–Trinajstić information content (AvgIpc) is 2.80. The number of esters is 1. The van der Waals surface area contributed by atoms with Crippen molar-refractivity contribution in [2.24, 2.45) is 0 Å². The lowest BCUT2D eigenvalue weighted by Gasteiger charge is -2.28. The van der Waals surface area contributed by atoms with Gasteiger partial charge in [0.2, 0.25) is 6.79 Å². The van der Waals surface area contributed by atoms with Gasteiger partial charge in [-0.3, -0.25) is 0 Å². The van der Waals surface area contributed by atoms with Crippen LogP contribution in [0.4, 0.5) is 0 Å². The van der Waals surface area contributed by atoms with Crippen molar-refractivity contribution in [1.29, 1.82) is 0 Å². The first-order valence-corrected chi connectivity index (χ1v) is 5.94. The number of fused-ring (bicyclic) bond motifs is 1. The van der Waals surface area contributed by atoms with E-state index in [9.17, 15) is 4.79 Å². The Bertz CT molecular complexity index is 521. The largest absolute Gasteiger partial charge is 0.459 e. The number of hydrogen-bond acceptors (Lipinski definition) is 4. The second kappa shape index (κ2) is 4.05. The zero-order chi connectivity index (χ0) is 12.7. The van der Waals surface area contributed by atoms with Crippen LogP contribution >= 0.6 is 0 Å². The summed E-state index contributed by atoms with van der Waals surface area (Å²) in [6.45, 7) is 5.98. The fourth-order valence-corrected chi connectivity index (χ4v) is 2.39. The molecule has 1 aromatic rings. The van der Waals surface area contributed by atoms with Gasteiger partial charge in [-0.25, -0.2) is 4.79 Å². The van der Waals surface area contributed by atoms with Gasteiger partial charge in [0, 0.05) is 11.5 Å². The van der Waals surface area contributed by atoms with Gasteiger partial charge in [0.15, 0.2) is 11.5 Å². The predicted molar refractivity (Wildman–Crippen MR) is 64.6 cm³/mol. The van der Waals surface area contributed by atoms with Crippen LogP contribution in [0.25, 0.3) is 0 Å². The maximum atomic E-state index is 11.6. The second-order valence-corrected chi connectivity index (χ2v) is 4.64. The van der Waals surface area contributed by atoms with E-state index in [1.807, 2.05) is 25.1 Å². The average molecular weight is 246 g/mol. The third-order valence-corrected chi connectivity index (χ3v) is 3.36. The van der Waals surface area contributed by atoms with Crippen LogP contribution < -0.4 is 9.47 Å². The minimum Gasteiger partial charge on any atom is -0.459 e. The summed E-state index contributed by atoms with van der Waals surface area (Å²) < 4.78 is 15.8. The minimum absolute atomic E-state index is 0.00394. The van der Waals surface area contributed by atoms with E-state index in [1.54, 1.807) is 0 Å². The number of rotatable bonds is 1. The Labute approximate surface area is 105 Å². The molecule has 4 heteroatoms. The monoisotopic (exact) mass is 246 g/mol. The molecule has 0 aliphatic carbocycles. The number of cyclic esters (lactones) is 1. The molecular weight excluding hydrogens is 232 g/mol. The third kappa shape index (κ3) is 1.74. The molecule has 3 rings (SSSR count). The van der Waals surface area contributed by atoms with Crippen molar-refractivity contribution in [2.75, 3.05) is 6.79 Å². The van der Waals surface area contributed by atoms with Crippen LogP contribution in [0.2, 0.25) is 0 Å². The lowest BCUT2D eigenvalue weighted by atomic mass is 9.85. The minimum atomic E-state index is -0.309. The Hall–Kier alpha value is -1.97. The van der Waals surface area contributed by atoms with Crippen molar-refractivity contribution in [3.8, 4) is 11.5 Å². The number of ether oxygens (including phenoxy) is 3. The van der Waals surface area contributed by atoms with Crippen LogP contribution in [-0.4, -0.2) is 18.9 Å². The van der Waals surface area contributed by atoms with E-state index in [2.05, 4.69) is 6.58 Å². The lowest BCUT2D eigenvalue weighted by molar-refractivity contribution is -0.147. The molecule has 0 spiro atoms. The number of carbonyl (C=O) groups excluding carboxylic acids is 1. The highest BCUT2D eigenvalue weighted by molar-refractivity contribution is 5.90. The summed E-state index contributed by atoms with van der Waals surface area (Å²) in [4.78, 5) is 11.6. The third-order valence-electron chi connectivity index (χ3n) is 3.36. The van der Waals surface area contributed by atoms with Crippen molar-refractivity contribution in [3.63, 3.8) is 0 Å². The summed E-state index contributed by atoms with van der Waals surface area (Å²) in [5.41, 5.74) is 1.53. The molecule has 4 nitrogen and oxygen atoms in total. The van der Waals surface area contributed by atoms with Gasteiger partial charge in [-0.05, 0) is 31.0 Å². The zero-order valence-electron chi connectivity index (χ0n) is 10.1.